The molecular formula is C27H30N2O4. The second-order valence-electron chi connectivity index (χ2n) is 10.1. The van der Waals surface area contributed by atoms with Crippen LogP contribution in [0.2, 0.25) is 0 Å². The van der Waals surface area contributed by atoms with Crippen LogP contribution in [-0.4, -0.2) is 46.7 Å². The molecule has 172 valence electrons. The third-order valence-electron chi connectivity index (χ3n) is 8.77. The summed E-state index contributed by atoms with van der Waals surface area (Å²) in [7, 11) is 0. The molecule has 0 bridgehead atoms. The van der Waals surface area contributed by atoms with Gasteiger partial charge in [0.25, 0.3) is 0 Å². The highest BCUT2D eigenvalue weighted by Gasteiger charge is 2.71. The Balaban J connectivity index is 1.44. The van der Waals surface area contributed by atoms with Gasteiger partial charge in [0.05, 0.1) is 17.3 Å². The molecule has 3 aliphatic heterocycles. The molecule has 4 atom stereocenters. The topological polar surface area (TPSA) is 70.1 Å². The Morgan fingerprint density at radius 2 is 1.85 bits per heavy atom. The fourth-order valence-corrected chi connectivity index (χ4v) is 7.58. The molecule has 6 nitrogen and oxygen atoms in total. The predicted octanol–water partition coefficient (Wildman–Crippen LogP) is 4.22. The number of carbonyl (C=O) groups excluding carboxylic acids is 2. The van der Waals surface area contributed by atoms with Crippen LogP contribution in [0, 0.1) is 5.41 Å². The zero-order valence-electron chi connectivity index (χ0n) is 18.8. The number of benzene rings is 2. The van der Waals surface area contributed by atoms with Gasteiger partial charge in [-0.1, -0.05) is 48.5 Å². The van der Waals surface area contributed by atoms with Gasteiger partial charge in [-0.05, 0) is 54.7 Å². The normalized spacial score (nSPS) is 31.7. The van der Waals surface area contributed by atoms with Crippen molar-refractivity contribution in [2.75, 3.05) is 18.1 Å². The molecule has 3 heterocycles. The van der Waals surface area contributed by atoms with E-state index in [0.29, 0.717) is 19.4 Å². The lowest BCUT2D eigenvalue weighted by Crippen LogP contribution is -2.70. The Labute approximate surface area is 194 Å². The first-order valence-corrected chi connectivity index (χ1v) is 12.1. The van der Waals surface area contributed by atoms with Crippen molar-refractivity contribution in [1.29, 1.82) is 0 Å². The lowest BCUT2D eigenvalue weighted by molar-refractivity contribution is -0.148. The maximum absolute atomic E-state index is 13.8. The first-order chi connectivity index (χ1) is 16.1. The highest BCUT2D eigenvalue weighted by atomic mass is 16.6. The van der Waals surface area contributed by atoms with Gasteiger partial charge in [-0.3, -0.25) is 9.69 Å². The average molecular weight is 447 g/mol. The number of aliphatic hydroxyl groups excluding tert-OH is 1. The van der Waals surface area contributed by atoms with Crippen molar-refractivity contribution in [3.63, 3.8) is 0 Å². The summed E-state index contributed by atoms with van der Waals surface area (Å²) in [6.45, 7) is 1.03. The van der Waals surface area contributed by atoms with Crippen molar-refractivity contribution in [2.45, 2.75) is 62.6 Å². The molecule has 1 aliphatic carbocycles. The molecule has 2 amide bonds. The molecule has 1 saturated carbocycles. The Kier molecular flexibility index (Phi) is 4.77. The van der Waals surface area contributed by atoms with Crippen LogP contribution in [0.5, 0.6) is 0 Å². The van der Waals surface area contributed by atoms with Gasteiger partial charge in [-0.25, -0.2) is 4.79 Å². The van der Waals surface area contributed by atoms with Gasteiger partial charge in [0.2, 0.25) is 5.91 Å². The molecule has 2 aromatic carbocycles. The predicted molar refractivity (Wildman–Crippen MR) is 124 cm³/mol. The minimum Gasteiger partial charge on any atom is -0.444 e. The Hall–Kier alpha value is -2.86. The van der Waals surface area contributed by atoms with Crippen LogP contribution in [0.15, 0.2) is 54.6 Å². The van der Waals surface area contributed by atoms with E-state index in [-0.39, 0.29) is 42.6 Å². The lowest BCUT2D eigenvalue weighted by Gasteiger charge is -2.57. The lowest BCUT2D eigenvalue weighted by atomic mass is 9.63. The second-order valence-corrected chi connectivity index (χ2v) is 10.1. The second kappa shape index (κ2) is 7.59. The molecule has 0 aromatic heterocycles. The molecule has 0 unspecified atom stereocenters. The summed E-state index contributed by atoms with van der Waals surface area (Å²) in [5.74, 6) is 0.354. The Bertz CT molecular complexity index is 1090. The van der Waals surface area contributed by atoms with E-state index in [2.05, 4.69) is 6.07 Å². The van der Waals surface area contributed by atoms with Crippen molar-refractivity contribution >= 4 is 17.7 Å². The van der Waals surface area contributed by atoms with Gasteiger partial charge in [0.1, 0.15) is 6.61 Å². The molecule has 1 N–H and O–H groups in total. The molecule has 6 heteroatoms. The average Bonchev–Trinajstić information content (AvgIpc) is 3.34. The first kappa shape index (κ1) is 20.7. The van der Waals surface area contributed by atoms with Crippen LogP contribution >= 0.6 is 0 Å². The number of piperidine rings is 2. The van der Waals surface area contributed by atoms with Crippen LogP contribution in [0.1, 0.15) is 55.6 Å². The summed E-state index contributed by atoms with van der Waals surface area (Å²) in [5.41, 5.74) is 2.39. The number of rotatable bonds is 4. The molecule has 2 saturated heterocycles. The van der Waals surface area contributed by atoms with E-state index in [4.69, 9.17) is 4.74 Å². The van der Waals surface area contributed by atoms with Crippen molar-refractivity contribution in [1.82, 2.24) is 4.90 Å². The van der Waals surface area contributed by atoms with Crippen molar-refractivity contribution < 1.29 is 19.4 Å². The maximum atomic E-state index is 13.8. The number of amides is 2. The third-order valence-corrected chi connectivity index (χ3v) is 8.77. The number of fused-ring (bicyclic) bond motifs is 2. The summed E-state index contributed by atoms with van der Waals surface area (Å²) in [4.78, 5) is 30.8. The summed E-state index contributed by atoms with van der Waals surface area (Å²) in [6.07, 6.45) is 4.22. The van der Waals surface area contributed by atoms with Gasteiger partial charge in [-0.15, -0.1) is 0 Å². The standard InChI is InChI=1S/C27H30N2O4/c30-17-15-26-12-10-23(31)28-16-11-21-20-8-4-5-9-22(20)29(27(21,14-13-26)24(26)28)25(32)33-18-19-6-2-1-3-7-19/h1-9,21,24,30H,10-18H2/t21-,24-,26-,27+/m1/s1. The smallest absolute Gasteiger partial charge is 0.415 e. The monoisotopic (exact) mass is 446 g/mol. The number of anilines is 1. The number of hydrogen-bond donors (Lipinski definition) is 1. The maximum Gasteiger partial charge on any atom is 0.415 e. The van der Waals surface area contributed by atoms with E-state index >= 15 is 0 Å². The van der Waals surface area contributed by atoms with Gasteiger partial charge in [-0.2, -0.15) is 0 Å². The fraction of sp³-hybridized carbons (Fsp3) is 0.481. The Morgan fingerprint density at radius 1 is 1.06 bits per heavy atom. The van der Waals surface area contributed by atoms with Crippen LogP contribution in [0.25, 0.3) is 0 Å². The van der Waals surface area contributed by atoms with Crippen LogP contribution in [0.4, 0.5) is 10.5 Å². The third kappa shape index (κ3) is 2.83. The van der Waals surface area contributed by atoms with Crippen molar-refractivity contribution in [2.24, 2.45) is 5.41 Å². The van der Waals surface area contributed by atoms with E-state index in [9.17, 15) is 14.7 Å². The molecule has 1 spiro atoms. The summed E-state index contributed by atoms with van der Waals surface area (Å²) < 4.78 is 5.90. The minimum absolute atomic E-state index is 0.0891. The summed E-state index contributed by atoms with van der Waals surface area (Å²) in [5, 5.41) is 9.98. The van der Waals surface area contributed by atoms with Gasteiger partial charge < -0.3 is 14.7 Å². The highest BCUT2D eigenvalue weighted by Crippen LogP contribution is 2.67. The summed E-state index contributed by atoms with van der Waals surface area (Å²) in [6, 6.07) is 17.8. The van der Waals surface area contributed by atoms with E-state index in [1.54, 1.807) is 0 Å². The minimum atomic E-state index is -0.513. The zero-order valence-corrected chi connectivity index (χ0v) is 18.8. The van der Waals surface area contributed by atoms with Crippen LogP contribution in [0.3, 0.4) is 0 Å². The molecular weight excluding hydrogens is 416 g/mol. The van der Waals surface area contributed by atoms with Gasteiger partial charge >= 0.3 is 6.09 Å². The summed E-state index contributed by atoms with van der Waals surface area (Å²) >= 11 is 0. The molecule has 0 radical (unpaired) electrons. The number of aliphatic hydroxyl groups is 1. The largest absolute Gasteiger partial charge is 0.444 e. The number of hydrogen-bond acceptors (Lipinski definition) is 4. The quantitative estimate of drug-likeness (QED) is 0.763. The zero-order chi connectivity index (χ0) is 22.6. The van der Waals surface area contributed by atoms with E-state index in [0.717, 1.165) is 36.9 Å². The number of carbonyl (C=O) groups is 2. The van der Waals surface area contributed by atoms with Crippen molar-refractivity contribution in [3.8, 4) is 0 Å². The fourth-order valence-electron chi connectivity index (χ4n) is 7.58. The van der Waals surface area contributed by atoms with E-state index < -0.39 is 5.54 Å². The molecule has 3 fully saturated rings. The number of nitrogens with zero attached hydrogens (tertiary/aromatic N) is 2. The number of para-hydroxylation sites is 1. The van der Waals surface area contributed by atoms with E-state index in [1.165, 1.54) is 5.56 Å². The molecule has 33 heavy (non-hydrogen) atoms. The molecule has 4 aliphatic rings. The molecule has 6 rings (SSSR count). The number of ether oxygens (including phenoxy) is 1. The van der Waals surface area contributed by atoms with Crippen molar-refractivity contribution in [3.05, 3.63) is 65.7 Å². The van der Waals surface area contributed by atoms with Crippen LogP contribution in [-0.2, 0) is 16.1 Å². The highest BCUT2D eigenvalue weighted by molar-refractivity contribution is 5.94. The SMILES string of the molecule is O=C1CC[C@]2(CCO)CC[C@]34[C@H](CCN1[C@H]23)c1ccccc1N4C(=O)OCc1ccccc1. The Morgan fingerprint density at radius 3 is 2.67 bits per heavy atom. The first-order valence-electron chi connectivity index (χ1n) is 12.1. The van der Waals surface area contributed by atoms with Gasteiger partial charge in [0, 0.05) is 25.5 Å². The molecule has 2 aromatic rings. The van der Waals surface area contributed by atoms with Crippen LogP contribution < -0.4 is 4.90 Å². The van der Waals surface area contributed by atoms with E-state index in [1.807, 2.05) is 58.3 Å². The van der Waals surface area contributed by atoms with Gasteiger partial charge in [0.15, 0.2) is 0 Å².